The molecule has 0 atom stereocenters. The molecule has 11 heavy (non-hydrogen) atoms. The highest BCUT2D eigenvalue weighted by Crippen LogP contribution is 1.82. The topological polar surface area (TPSA) is 65.7 Å². The van der Waals surface area contributed by atoms with E-state index in [1.807, 2.05) is 0 Å². The highest BCUT2D eigenvalue weighted by Gasteiger charge is 1.95. The van der Waals surface area contributed by atoms with Gasteiger partial charge in [-0.05, 0) is 0 Å². The lowest BCUT2D eigenvalue weighted by atomic mass is 10.2. The Morgan fingerprint density at radius 1 is 1.55 bits per heavy atom. The number of hydrogen-bond donors (Lipinski definition) is 2. The first-order chi connectivity index (χ1) is 5.24. The Bertz CT molecular complexity index is 394. The van der Waals surface area contributed by atoms with Crippen LogP contribution in [-0.4, -0.2) is 9.97 Å². The average Bonchev–Trinajstić information content (AvgIpc) is 1.95. The van der Waals surface area contributed by atoms with Crippen LogP contribution in [0.1, 0.15) is 5.56 Å². The Morgan fingerprint density at radius 2 is 2.27 bits per heavy atom. The molecule has 0 aromatic carbocycles. The largest absolute Gasteiger partial charge is 0.325 e. The molecule has 0 amide bonds. The van der Waals surface area contributed by atoms with E-state index in [9.17, 15) is 9.59 Å². The van der Waals surface area contributed by atoms with Crippen LogP contribution in [-0.2, 0) is 6.42 Å². The second-order valence-electron chi connectivity index (χ2n) is 1.98. The van der Waals surface area contributed by atoms with Gasteiger partial charge in [0.1, 0.15) is 0 Å². The quantitative estimate of drug-likeness (QED) is 0.517. The number of rotatable bonds is 1. The summed E-state index contributed by atoms with van der Waals surface area (Å²) in [5.74, 6) is 2.30. The fourth-order valence-corrected chi connectivity index (χ4v) is 0.679. The van der Waals surface area contributed by atoms with Crippen molar-refractivity contribution in [3.05, 3.63) is 32.6 Å². The smallest absolute Gasteiger partial charge is 0.314 e. The number of H-pyrrole nitrogens is 2. The van der Waals surface area contributed by atoms with Crippen molar-refractivity contribution in [2.24, 2.45) is 0 Å². The summed E-state index contributed by atoms with van der Waals surface area (Å²) in [5, 5.41) is 0. The van der Waals surface area contributed by atoms with Crippen LogP contribution >= 0.6 is 0 Å². The van der Waals surface area contributed by atoms with Crippen LogP contribution in [0, 0.1) is 12.3 Å². The summed E-state index contributed by atoms with van der Waals surface area (Å²) in [6, 6.07) is 0. The Labute approximate surface area is 62.3 Å². The van der Waals surface area contributed by atoms with Gasteiger partial charge in [-0.3, -0.25) is 9.78 Å². The minimum Gasteiger partial charge on any atom is -0.314 e. The molecule has 1 aromatic heterocycles. The van der Waals surface area contributed by atoms with Crippen LogP contribution in [0.5, 0.6) is 0 Å². The maximum absolute atomic E-state index is 10.9. The molecule has 2 N–H and O–H groups in total. The highest BCUT2D eigenvalue weighted by atomic mass is 16.2. The van der Waals surface area contributed by atoms with E-state index in [-0.39, 0.29) is 6.42 Å². The molecule has 1 aromatic rings. The highest BCUT2D eigenvalue weighted by molar-refractivity contribution is 5.10. The van der Waals surface area contributed by atoms with Crippen molar-refractivity contribution in [2.45, 2.75) is 6.42 Å². The maximum Gasteiger partial charge on any atom is 0.325 e. The Morgan fingerprint density at radius 3 is 2.82 bits per heavy atom. The van der Waals surface area contributed by atoms with Gasteiger partial charge in [0.25, 0.3) is 5.56 Å². The van der Waals surface area contributed by atoms with Gasteiger partial charge in [0, 0.05) is 18.2 Å². The predicted molar refractivity (Wildman–Crippen MR) is 40.2 cm³/mol. The fraction of sp³-hybridized carbons (Fsp3) is 0.143. The van der Waals surface area contributed by atoms with Crippen molar-refractivity contribution in [1.82, 2.24) is 9.97 Å². The van der Waals surface area contributed by atoms with Crippen LogP contribution in [0.25, 0.3) is 0 Å². The molecule has 4 heteroatoms. The van der Waals surface area contributed by atoms with Gasteiger partial charge in [0.15, 0.2) is 0 Å². The third kappa shape index (κ3) is 1.58. The summed E-state index contributed by atoms with van der Waals surface area (Å²) >= 11 is 0. The van der Waals surface area contributed by atoms with E-state index in [2.05, 4.69) is 15.9 Å². The zero-order valence-corrected chi connectivity index (χ0v) is 5.68. The minimum absolute atomic E-state index is 0.228. The van der Waals surface area contributed by atoms with E-state index in [1.54, 1.807) is 0 Å². The van der Waals surface area contributed by atoms with Gasteiger partial charge >= 0.3 is 5.69 Å². The van der Waals surface area contributed by atoms with Crippen molar-refractivity contribution < 1.29 is 0 Å². The molecule has 4 nitrogen and oxygen atoms in total. The molecule has 0 aliphatic heterocycles. The summed E-state index contributed by atoms with van der Waals surface area (Å²) in [5.41, 5.74) is -0.547. The Balaban J connectivity index is 3.23. The van der Waals surface area contributed by atoms with Crippen molar-refractivity contribution in [3.63, 3.8) is 0 Å². The molecule has 56 valence electrons. The van der Waals surface area contributed by atoms with Gasteiger partial charge in [0.05, 0.1) is 0 Å². The lowest BCUT2D eigenvalue weighted by molar-refractivity contribution is 0.991. The van der Waals surface area contributed by atoms with Crippen LogP contribution in [0.2, 0.25) is 0 Å². The summed E-state index contributed by atoms with van der Waals surface area (Å²) in [4.78, 5) is 25.7. The first kappa shape index (κ1) is 7.35. The molecule has 0 aliphatic carbocycles. The zero-order valence-electron chi connectivity index (χ0n) is 5.68. The lowest BCUT2D eigenvalue weighted by Gasteiger charge is -1.89. The molecule has 1 heterocycles. The summed E-state index contributed by atoms with van der Waals surface area (Å²) in [6.45, 7) is 0. The summed E-state index contributed by atoms with van der Waals surface area (Å²) in [7, 11) is 0. The SMILES string of the molecule is C#CCc1c[nH]c(=O)[nH]c1=O. The third-order valence-corrected chi connectivity index (χ3v) is 1.19. The minimum atomic E-state index is -0.518. The second-order valence-corrected chi connectivity index (χ2v) is 1.98. The van der Waals surface area contributed by atoms with Gasteiger partial charge in [-0.1, -0.05) is 0 Å². The summed E-state index contributed by atoms with van der Waals surface area (Å²) in [6.07, 6.45) is 6.52. The first-order valence-electron chi connectivity index (χ1n) is 2.98. The van der Waals surface area contributed by atoms with Crippen molar-refractivity contribution in [1.29, 1.82) is 0 Å². The first-order valence-corrected chi connectivity index (χ1v) is 2.98. The molecule has 0 saturated heterocycles. The van der Waals surface area contributed by atoms with Gasteiger partial charge in [0.2, 0.25) is 0 Å². The van der Waals surface area contributed by atoms with Crippen LogP contribution in [0.3, 0.4) is 0 Å². The fourth-order valence-electron chi connectivity index (χ4n) is 0.679. The lowest BCUT2D eigenvalue weighted by Crippen LogP contribution is -2.24. The molecule has 1 rings (SSSR count). The molecule has 0 aliphatic rings. The van der Waals surface area contributed by atoms with E-state index in [1.165, 1.54) is 6.20 Å². The van der Waals surface area contributed by atoms with E-state index in [0.717, 1.165) is 0 Å². The molecule has 0 bridgehead atoms. The summed E-state index contributed by atoms with van der Waals surface area (Å²) < 4.78 is 0. The number of aromatic amines is 2. The van der Waals surface area contributed by atoms with Crippen LogP contribution in [0.4, 0.5) is 0 Å². The van der Waals surface area contributed by atoms with Gasteiger partial charge in [-0.25, -0.2) is 4.79 Å². The Kier molecular flexibility index (Phi) is 1.93. The molecule has 0 unspecified atom stereocenters. The number of nitrogens with one attached hydrogen (secondary N) is 2. The maximum atomic E-state index is 10.9. The van der Waals surface area contributed by atoms with E-state index < -0.39 is 11.2 Å². The van der Waals surface area contributed by atoms with Crippen molar-refractivity contribution in [3.8, 4) is 12.3 Å². The molecule has 0 saturated carbocycles. The Hall–Kier alpha value is -1.76. The molecule has 0 radical (unpaired) electrons. The zero-order chi connectivity index (χ0) is 8.27. The average molecular weight is 150 g/mol. The predicted octanol–water partition coefficient (Wildman–Crippen LogP) is -0.761. The van der Waals surface area contributed by atoms with E-state index in [0.29, 0.717) is 5.56 Å². The standard InChI is InChI=1S/C7H6N2O2/c1-2-3-5-4-8-7(11)9-6(5)10/h1,4H,3H2,(H2,8,9,10,11). The normalized spacial score (nSPS) is 9.00. The number of aromatic nitrogens is 2. The van der Waals surface area contributed by atoms with Gasteiger partial charge < -0.3 is 4.98 Å². The monoisotopic (exact) mass is 150 g/mol. The number of terminal acetylenes is 1. The van der Waals surface area contributed by atoms with Gasteiger partial charge in [-0.15, -0.1) is 12.3 Å². The van der Waals surface area contributed by atoms with Crippen LogP contribution in [0.15, 0.2) is 15.8 Å². The molecular weight excluding hydrogens is 144 g/mol. The molecule has 0 fully saturated rings. The molecule has 0 spiro atoms. The van der Waals surface area contributed by atoms with E-state index in [4.69, 9.17) is 6.42 Å². The van der Waals surface area contributed by atoms with Crippen LogP contribution < -0.4 is 11.2 Å². The van der Waals surface area contributed by atoms with Crippen molar-refractivity contribution >= 4 is 0 Å². The van der Waals surface area contributed by atoms with Crippen molar-refractivity contribution in [2.75, 3.05) is 0 Å². The number of hydrogen-bond acceptors (Lipinski definition) is 2. The third-order valence-electron chi connectivity index (χ3n) is 1.19. The van der Waals surface area contributed by atoms with Gasteiger partial charge in [-0.2, -0.15) is 0 Å². The molecular formula is C7H6N2O2. The second kappa shape index (κ2) is 2.88. The van der Waals surface area contributed by atoms with E-state index >= 15 is 0 Å².